The number of benzene rings is 2. The van der Waals surface area contributed by atoms with Crippen molar-refractivity contribution in [3.63, 3.8) is 0 Å². The normalized spacial score (nSPS) is 17.4. The number of carbonyl (C=O) groups excluding carboxylic acids is 2. The largest absolute Gasteiger partial charge is 0.493 e. The lowest BCUT2D eigenvalue weighted by Crippen LogP contribution is -2.32. The van der Waals surface area contributed by atoms with Crippen LogP contribution in [0.3, 0.4) is 0 Å². The zero-order valence-corrected chi connectivity index (χ0v) is 20.0. The molecule has 2 aromatic rings. The molecule has 1 saturated heterocycles. The molecule has 1 heterocycles. The van der Waals surface area contributed by atoms with Crippen molar-refractivity contribution in [2.75, 3.05) is 45.4 Å². The molecule has 2 aliphatic rings. The Balaban J connectivity index is 1.34. The van der Waals surface area contributed by atoms with Gasteiger partial charge in [0, 0.05) is 31.8 Å². The molecule has 182 valence electrons. The third-order valence-electron chi connectivity index (χ3n) is 6.09. The summed E-state index contributed by atoms with van der Waals surface area (Å²) in [5, 5.41) is 0. The smallest absolute Gasteiger partial charge is 0.409 e. The number of likely N-dealkylation sites (N-methyl/N-ethyl adjacent to an activating group) is 1. The number of ether oxygens (including phenoxy) is 4. The van der Waals surface area contributed by atoms with Gasteiger partial charge < -0.3 is 28.7 Å². The first-order valence-corrected chi connectivity index (χ1v) is 11.8. The van der Waals surface area contributed by atoms with Gasteiger partial charge >= 0.3 is 6.09 Å². The third kappa shape index (κ3) is 5.55. The molecule has 8 nitrogen and oxygen atoms in total. The number of hydrogen-bond acceptors (Lipinski definition) is 6. The second kappa shape index (κ2) is 10.7. The highest BCUT2D eigenvalue weighted by Gasteiger charge is 2.35. The van der Waals surface area contributed by atoms with Gasteiger partial charge in [-0.2, -0.15) is 0 Å². The average Bonchev–Trinajstić information content (AvgIpc) is 3.64. The van der Waals surface area contributed by atoms with E-state index < -0.39 is 12.2 Å². The first-order valence-electron chi connectivity index (χ1n) is 11.8. The van der Waals surface area contributed by atoms with Gasteiger partial charge in [0.2, 0.25) is 0 Å². The molecule has 2 amide bonds. The Hall–Kier alpha value is -3.42. The van der Waals surface area contributed by atoms with Crippen LogP contribution in [0.2, 0.25) is 0 Å². The SMILES string of the molecule is CCOC(=O)N(C)CCOc1ccc(N2CC[C@H](Oc3ccc(C4CC4)cc3)C2=O)cc1OC. The maximum absolute atomic E-state index is 13.0. The molecule has 0 N–H and O–H groups in total. The number of methoxy groups -OCH3 is 1. The fraction of sp³-hybridized carbons (Fsp3) is 0.462. The lowest BCUT2D eigenvalue weighted by Gasteiger charge is -2.20. The summed E-state index contributed by atoms with van der Waals surface area (Å²) in [6.45, 7) is 3.31. The molecule has 1 saturated carbocycles. The number of nitrogens with zero attached hydrogens (tertiary/aromatic N) is 2. The van der Waals surface area contributed by atoms with Gasteiger partial charge in [0.25, 0.3) is 5.91 Å². The highest BCUT2D eigenvalue weighted by atomic mass is 16.6. The van der Waals surface area contributed by atoms with Crippen LogP contribution in [-0.2, 0) is 9.53 Å². The molecule has 8 heteroatoms. The highest BCUT2D eigenvalue weighted by Crippen LogP contribution is 2.40. The second-order valence-electron chi connectivity index (χ2n) is 8.53. The fourth-order valence-electron chi connectivity index (χ4n) is 3.98. The molecular weight excluding hydrogens is 436 g/mol. The molecule has 1 aliphatic heterocycles. The summed E-state index contributed by atoms with van der Waals surface area (Å²) in [5.74, 6) is 2.40. The van der Waals surface area contributed by atoms with E-state index in [1.807, 2.05) is 18.2 Å². The Morgan fingerprint density at radius 3 is 2.53 bits per heavy atom. The first-order chi connectivity index (χ1) is 16.5. The Kier molecular flexibility index (Phi) is 7.45. The van der Waals surface area contributed by atoms with E-state index in [0.29, 0.717) is 43.5 Å². The van der Waals surface area contributed by atoms with Gasteiger partial charge in [-0.1, -0.05) is 12.1 Å². The molecule has 0 unspecified atom stereocenters. The maximum atomic E-state index is 13.0. The van der Waals surface area contributed by atoms with Crippen LogP contribution < -0.4 is 19.1 Å². The van der Waals surface area contributed by atoms with Crippen molar-refractivity contribution in [2.45, 2.75) is 38.2 Å². The predicted molar refractivity (Wildman–Crippen MR) is 128 cm³/mol. The summed E-state index contributed by atoms with van der Waals surface area (Å²) in [6.07, 6.45) is 2.23. The van der Waals surface area contributed by atoms with Gasteiger partial charge in [-0.15, -0.1) is 0 Å². The van der Waals surface area contributed by atoms with Crippen LogP contribution in [-0.4, -0.2) is 63.5 Å². The lowest BCUT2D eigenvalue weighted by atomic mass is 10.1. The van der Waals surface area contributed by atoms with E-state index in [1.165, 1.54) is 23.3 Å². The van der Waals surface area contributed by atoms with Crippen molar-refractivity contribution in [1.29, 1.82) is 0 Å². The zero-order chi connectivity index (χ0) is 24.1. The van der Waals surface area contributed by atoms with Gasteiger partial charge in [-0.25, -0.2) is 4.79 Å². The molecule has 1 atom stereocenters. The fourth-order valence-corrected chi connectivity index (χ4v) is 3.98. The van der Waals surface area contributed by atoms with Gasteiger partial charge in [-0.05, 0) is 55.5 Å². The van der Waals surface area contributed by atoms with Crippen molar-refractivity contribution >= 4 is 17.7 Å². The van der Waals surface area contributed by atoms with E-state index in [1.54, 1.807) is 38.1 Å². The topological polar surface area (TPSA) is 77.5 Å². The summed E-state index contributed by atoms with van der Waals surface area (Å²) in [4.78, 5) is 27.9. The average molecular weight is 469 g/mol. The van der Waals surface area contributed by atoms with E-state index in [0.717, 1.165) is 11.4 Å². The van der Waals surface area contributed by atoms with Crippen molar-refractivity contribution in [3.05, 3.63) is 48.0 Å². The minimum Gasteiger partial charge on any atom is -0.493 e. The van der Waals surface area contributed by atoms with Crippen LogP contribution >= 0.6 is 0 Å². The molecule has 2 fully saturated rings. The number of carbonyl (C=O) groups is 2. The van der Waals surface area contributed by atoms with Crippen LogP contribution in [0.5, 0.6) is 17.2 Å². The third-order valence-corrected chi connectivity index (χ3v) is 6.09. The molecular formula is C26H32N2O6. The number of amides is 2. The molecule has 1 aliphatic carbocycles. The molecule has 0 radical (unpaired) electrons. The second-order valence-corrected chi connectivity index (χ2v) is 8.53. The molecule has 0 bridgehead atoms. The summed E-state index contributed by atoms with van der Waals surface area (Å²) < 4.78 is 22.2. The maximum Gasteiger partial charge on any atom is 0.409 e. The standard InChI is InChI=1S/C26H32N2O6/c1-4-32-26(30)27(2)15-16-33-22-12-9-20(17-24(22)31-3)28-14-13-23(25(28)29)34-21-10-7-19(8-11-21)18-5-6-18/h7-12,17-18,23H,4-6,13-16H2,1-3H3/t23-/m0/s1. The van der Waals surface area contributed by atoms with E-state index in [9.17, 15) is 9.59 Å². The van der Waals surface area contributed by atoms with E-state index in [-0.39, 0.29) is 12.5 Å². The molecule has 0 aromatic heterocycles. The Morgan fingerprint density at radius 2 is 1.85 bits per heavy atom. The van der Waals surface area contributed by atoms with Crippen molar-refractivity contribution in [2.24, 2.45) is 0 Å². The van der Waals surface area contributed by atoms with Gasteiger partial charge in [0.15, 0.2) is 17.6 Å². The first kappa shape index (κ1) is 23.7. The van der Waals surface area contributed by atoms with Crippen LogP contribution in [0.1, 0.15) is 37.7 Å². The van der Waals surface area contributed by atoms with Crippen molar-refractivity contribution in [1.82, 2.24) is 4.90 Å². The summed E-state index contributed by atoms with van der Waals surface area (Å²) in [5.41, 5.74) is 2.07. The summed E-state index contributed by atoms with van der Waals surface area (Å²) in [7, 11) is 3.21. The minimum atomic E-state index is -0.507. The molecule has 34 heavy (non-hydrogen) atoms. The predicted octanol–water partition coefficient (Wildman–Crippen LogP) is 4.22. The quantitative estimate of drug-likeness (QED) is 0.520. The number of hydrogen-bond donors (Lipinski definition) is 0. The number of anilines is 1. The molecule has 4 rings (SSSR count). The summed E-state index contributed by atoms with van der Waals surface area (Å²) >= 11 is 0. The van der Waals surface area contributed by atoms with Crippen LogP contribution in [0.15, 0.2) is 42.5 Å². The van der Waals surface area contributed by atoms with Gasteiger partial charge in [0.1, 0.15) is 12.4 Å². The molecule has 0 spiro atoms. The van der Waals surface area contributed by atoms with E-state index in [2.05, 4.69) is 12.1 Å². The molecule has 2 aromatic carbocycles. The van der Waals surface area contributed by atoms with Gasteiger partial charge in [0.05, 0.1) is 20.3 Å². The Labute approximate surface area is 200 Å². The van der Waals surface area contributed by atoms with Crippen molar-refractivity contribution < 1.29 is 28.5 Å². The zero-order valence-electron chi connectivity index (χ0n) is 20.0. The van der Waals surface area contributed by atoms with Gasteiger partial charge in [-0.3, -0.25) is 4.79 Å². The number of rotatable bonds is 10. The Morgan fingerprint density at radius 1 is 1.09 bits per heavy atom. The van der Waals surface area contributed by atoms with Crippen LogP contribution in [0.4, 0.5) is 10.5 Å². The highest BCUT2D eigenvalue weighted by molar-refractivity contribution is 5.99. The monoisotopic (exact) mass is 468 g/mol. The van der Waals surface area contributed by atoms with E-state index in [4.69, 9.17) is 18.9 Å². The van der Waals surface area contributed by atoms with Crippen LogP contribution in [0.25, 0.3) is 0 Å². The van der Waals surface area contributed by atoms with Crippen molar-refractivity contribution in [3.8, 4) is 17.2 Å². The minimum absolute atomic E-state index is 0.0712. The lowest BCUT2D eigenvalue weighted by molar-refractivity contribution is -0.122. The summed E-state index contributed by atoms with van der Waals surface area (Å²) in [6, 6.07) is 13.5. The van der Waals surface area contributed by atoms with E-state index >= 15 is 0 Å². The Bertz CT molecular complexity index is 1000. The van der Waals surface area contributed by atoms with Crippen LogP contribution in [0, 0.1) is 0 Å².